The van der Waals surface area contributed by atoms with Crippen LogP contribution in [0.5, 0.6) is 0 Å². The van der Waals surface area contributed by atoms with Gasteiger partial charge in [-0.1, -0.05) is 47.5 Å². The lowest BCUT2D eigenvalue weighted by Gasteiger charge is -2.26. The molecule has 128 valence electrons. The topological polar surface area (TPSA) is 32.3 Å². The molecule has 0 radical (unpaired) electrons. The van der Waals surface area contributed by atoms with Gasteiger partial charge in [0.25, 0.3) is 5.91 Å². The van der Waals surface area contributed by atoms with Crippen LogP contribution in [0.3, 0.4) is 0 Å². The number of benzene rings is 2. The maximum absolute atomic E-state index is 12.7. The van der Waals surface area contributed by atoms with Gasteiger partial charge >= 0.3 is 0 Å². The van der Waals surface area contributed by atoms with E-state index in [1.165, 1.54) is 5.56 Å². The molecule has 2 rings (SSSR count). The first-order valence-electron chi connectivity index (χ1n) is 8.08. The fourth-order valence-corrected chi connectivity index (χ4v) is 3.39. The molecule has 4 heteroatoms. The van der Waals surface area contributed by atoms with Crippen molar-refractivity contribution < 1.29 is 4.79 Å². The van der Waals surface area contributed by atoms with Crippen LogP contribution in [-0.2, 0) is 0 Å². The molecular weight excluding hydrogens is 320 g/mol. The number of nitrogens with zero attached hydrogens (tertiary/aromatic N) is 1. The van der Waals surface area contributed by atoms with Gasteiger partial charge in [-0.15, -0.1) is 0 Å². The molecule has 24 heavy (non-hydrogen) atoms. The first-order valence-corrected chi connectivity index (χ1v) is 8.46. The fraction of sp³-hybridized carbons (Fsp3) is 0.350. The number of hydrogen-bond donors (Lipinski definition) is 1. The van der Waals surface area contributed by atoms with E-state index in [4.69, 9.17) is 11.6 Å². The fourth-order valence-electron chi connectivity index (χ4n) is 3.13. The summed E-state index contributed by atoms with van der Waals surface area (Å²) < 4.78 is 0. The average Bonchev–Trinajstić information content (AvgIpc) is 2.47. The molecule has 0 aliphatic rings. The van der Waals surface area contributed by atoms with Gasteiger partial charge < -0.3 is 10.2 Å². The maximum atomic E-state index is 12.7. The standard InChI is InChI=1S/C20H25ClN2O/c1-13-10-14(2)19(15(3)11-13)20(24)22-12-18(23(4)5)16-8-6-7-9-17(16)21/h6-11,18H,12H2,1-5H3,(H,22,24). The van der Waals surface area contributed by atoms with Gasteiger partial charge in [-0.05, 0) is 57.6 Å². The SMILES string of the molecule is Cc1cc(C)c(C(=O)NCC(c2ccccc2Cl)N(C)C)c(C)c1. The molecule has 3 nitrogen and oxygen atoms in total. The zero-order valence-corrected chi connectivity index (χ0v) is 15.7. The molecule has 1 atom stereocenters. The maximum Gasteiger partial charge on any atom is 0.251 e. The van der Waals surface area contributed by atoms with E-state index in [1.54, 1.807) is 0 Å². The summed E-state index contributed by atoms with van der Waals surface area (Å²) in [5.41, 5.74) is 4.95. The molecule has 0 spiro atoms. The van der Waals surface area contributed by atoms with Crippen molar-refractivity contribution in [1.82, 2.24) is 10.2 Å². The van der Waals surface area contributed by atoms with Gasteiger partial charge in [0, 0.05) is 17.1 Å². The summed E-state index contributed by atoms with van der Waals surface area (Å²) in [7, 11) is 3.98. The van der Waals surface area contributed by atoms with Gasteiger partial charge in [0.2, 0.25) is 0 Å². The molecule has 0 bridgehead atoms. The highest BCUT2D eigenvalue weighted by Gasteiger charge is 2.19. The van der Waals surface area contributed by atoms with Crippen LogP contribution in [0.15, 0.2) is 36.4 Å². The Bertz CT molecular complexity index is 717. The minimum atomic E-state index is -0.0381. The van der Waals surface area contributed by atoms with Crippen LogP contribution in [0.4, 0.5) is 0 Å². The monoisotopic (exact) mass is 344 g/mol. The van der Waals surface area contributed by atoms with Crippen LogP contribution in [0.2, 0.25) is 5.02 Å². The third-order valence-corrected chi connectivity index (χ3v) is 4.59. The molecule has 0 saturated heterocycles. The summed E-state index contributed by atoms with van der Waals surface area (Å²) in [5, 5.41) is 3.78. The third kappa shape index (κ3) is 4.16. The number of rotatable bonds is 5. The van der Waals surface area contributed by atoms with E-state index in [0.29, 0.717) is 11.6 Å². The van der Waals surface area contributed by atoms with Crippen LogP contribution >= 0.6 is 11.6 Å². The molecular formula is C20H25ClN2O. The Morgan fingerprint density at radius 3 is 2.25 bits per heavy atom. The molecule has 0 fully saturated rings. The minimum Gasteiger partial charge on any atom is -0.350 e. The lowest BCUT2D eigenvalue weighted by molar-refractivity contribution is 0.0940. The van der Waals surface area contributed by atoms with Crippen molar-refractivity contribution in [2.45, 2.75) is 26.8 Å². The summed E-state index contributed by atoms with van der Waals surface area (Å²) in [5.74, 6) is -0.0381. The van der Waals surface area contributed by atoms with Crippen molar-refractivity contribution in [3.8, 4) is 0 Å². The average molecular weight is 345 g/mol. The van der Waals surface area contributed by atoms with Crippen molar-refractivity contribution in [3.63, 3.8) is 0 Å². The van der Waals surface area contributed by atoms with Gasteiger partial charge in [0.1, 0.15) is 0 Å². The molecule has 0 saturated carbocycles. The predicted molar refractivity (Wildman–Crippen MR) is 101 cm³/mol. The van der Waals surface area contributed by atoms with Crippen LogP contribution < -0.4 is 5.32 Å². The Balaban J connectivity index is 2.19. The molecule has 0 aromatic heterocycles. The summed E-state index contributed by atoms with van der Waals surface area (Å²) in [6, 6.07) is 11.9. The Labute approximate surface area is 149 Å². The third-order valence-electron chi connectivity index (χ3n) is 4.25. The van der Waals surface area contributed by atoms with Crippen LogP contribution in [-0.4, -0.2) is 31.4 Å². The van der Waals surface area contributed by atoms with Crippen molar-refractivity contribution in [3.05, 3.63) is 69.2 Å². The molecule has 2 aromatic rings. The predicted octanol–water partition coefficient (Wildman–Crippen LogP) is 4.30. The van der Waals surface area contributed by atoms with Gasteiger partial charge in [-0.2, -0.15) is 0 Å². The van der Waals surface area contributed by atoms with E-state index in [-0.39, 0.29) is 11.9 Å². The quantitative estimate of drug-likeness (QED) is 0.877. The Hall–Kier alpha value is -1.84. The molecule has 1 amide bonds. The van der Waals surface area contributed by atoms with Crippen molar-refractivity contribution in [1.29, 1.82) is 0 Å². The first kappa shape index (κ1) is 18.5. The second-order valence-electron chi connectivity index (χ2n) is 6.48. The summed E-state index contributed by atoms with van der Waals surface area (Å²) in [6.45, 7) is 6.50. The Kier molecular flexibility index (Phi) is 6.03. The molecule has 0 aliphatic heterocycles. The molecule has 0 aliphatic carbocycles. The van der Waals surface area contributed by atoms with Gasteiger partial charge in [-0.3, -0.25) is 4.79 Å². The van der Waals surface area contributed by atoms with Crippen LogP contribution in [0.1, 0.15) is 38.7 Å². The van der Waals surface area contributed by atoms with E-state index in [0.717, 1.165) is 22.3 Å². The van der Waals surface area contributed by atoms with E-state index < -0.39 is 0 Å². The van der Waals surface area contributed by atoms with E-state index in [2.05, 4.69) is 10.2 Å². The van der Waals surface area contributed by atoms with E-state index >= 15 is 0 Å². The Morgan fingerprint density at radius 1 is 1.12 bits per heavy atom. The second-order valence-corrected chi connectivity index (χ2v) is 6.89. The highest BCUT2D eigenvalue weighted by molar-refractivity contribution is 6.31. The lowest BCUT2D eigenvalue weighted by Crippen LogP contribution is -2.35. The molecule has 1 N–H and O–H groups in total. The number of carbonyl (C=O) groups is 1. The number of amides is 1. The Morgan fingerprint density at radius 2 is 1.71 bits per heavy atom. The number of carbonyl (C=O) groups excluding carboxylic acids is 1. The number of hydrogen-bond acceptors (Lipinski definition) is 2. The summed E-state index contributed by atoms with van der Waals surface area (Å²) in [6.07, 6.45) is 0. The van der Waals surface area contributed by atoms with Gasteiger partial charge in [0.15, 0.2) is 0 Å². The highest BCUT2D eigenvalue weighted by atomic mass is 35.5. The van der Waals surface area contributed by atoms with Crippen LogP contribution in [0, 0.1) is 20.8 Å². The second kappa shape index (κ2) is 7.82. The van der Waals surface area contributed by atoms with E-state index in [1.807, 2.05) is 71.3 Å². The summed E-state index contributed by atoms with van der Waals surface area (Å²) in [4.78, 5) is 14.7. The smallest absolute Gasteiger partial charge is 0.251 e. The van der Waals surface area contributed by atoms with E-state index in [9.17, 15) is 4.79 Å². The normalized spacial score (nSPS) is 12.3. The largest absolute Gasteiger partial charge is 0.350 e. The van der Waals surface area contributed by atoms with Crippen molar-refractivity contribution >= 4 is 17.5 Å². The first-order chi connectivity index (χ1) is 11.3. The molecule has 0 heterocycles. The zero-order valence-electron chi connectivity index (χ0n) is 15.0. The number of halogens is 1. The van der Waals surface area contributed by atoms with Gasteiger partial charge in [-0.25, -0.2) is 0 Å². The molecule has 1 unspecified atom stereocenters. The number of nitrogens with one attached hydrogen (secondary N) is 1. The van der Waals surface area contributed by atoms with Crippen LogP contribution in [0.25, 0.3) is 0 Å². The summed E-state index contributed by atoms with van der Waals surface area (Å²) >= 11 is 6.32. The lowest BCUT2D eigenvalue weighted by atomic mass is 9.99. The highest BCUT2D eigenvalue weighted by Crippen LogP contribution is 2.25. The molecule has 2 aromatic carbocycles. The van der Waals surface area contributed by atoms with Gasteiger partial charge in [0.05, 0.1) is 6.04 Å². The van der Waals surface area contributed by atoms with Crippen molar-refractivity contribution in [2.75, 3.05) is 20.6 Å². The van der Waals surface area contributed by atoms with Crippen molar-refractivity contribution in [2.24, 2.45) is 0 Å². The minimum absolute atomic E-state index is 0.0220. The number of aryl methyl sites for hydroxylation is 3. The number of likely N-dealkylation sites (N-methyl/N-ethyl adjacent to an activating group) is 1. The zero-order chi connectivity index (χ0) is 17.9.